The van der Waals surface area contributed by atoms with Gasteiger partial charge in [0.15, 0.2) is 0 Å². The van der Waals surface area contributed by atoms with E-state index in [0.717, 1.165) is 19.6 Å². The van der Waals surface area contributed by atoms with Crippen molar-refractivity contribution >= 4 is 29.2 Å². The second-order valence-corrected chi connectivity index (χ2v) is 5.50. The molecule has 0 aliphatic carbocycles. The Morgan fingerprint density at radius 2 is 1.94 bits per heavy atom. The van der Waals surface area contributed by atoms with Gasteiger partial charge in [-0.25, -0.2) is 0 Å². The van der Waals surface area contributed by atoms with Crippen LogP contribution in [0.25, 0.3) is 0 Å². The fraction of sp³-hybridized carbons (Fsp3) is 0.727. The number of nitrogens with zero attached hydrogens (tertiary/aromatic N) is 4. The van der Waals surface area contributed by atoms with Gasteiger partial charge in [0, 0.05) is 19.1 Å². The molecule has 1 saturated heterocycles. The lowest BCUT2D eigenvalue weighted by Gasteiger charge is -2.20. The van der Waals surface area contributed by atoms with Gasteiger partial charge in [0.1, 0.15) is 0 Å². The Balaban J connectivity index is 1.85. The Morgan fingerprint density at radius 3 is 2.50 bits per heavy atom. The first-order chi connectivity index (χ1) is 8.54. The van der Waals surface area contributed by atoms with Crippen molar-refractivity contribution in [3.8, 4) is 0 Å². The van der Waals surface area contributed by atoms with Crippen LogP contribution in [0.3, 0.4) is 0 Å². The van der Waals surface area contributed by atoms with Crippen molar-refractivity contribution in [1.29, 1.82) is 0 Å². The predicted molar refractivity (Wildman–Crippen MR) is 73.2 cm³/mol. The zero-order chi connectivity index (χ0) is 13.1. The van der Waals surface area contributed by atoms with Crippen LogP contribution >= 0.6 is 23.2 Å². The quantitative estimate of drug-likeness (QED) is 0.922. The zero-order valence-electron chi connectivity index (χ0n) is 10.5. The summed E-state index contributed by atoms with van der Waals surface area (Å²) < 4.78 is 0. The Bertz CT molecular complexity index is 392. The molecule has 0 radical (unpaired) electrons. The highest BCUT2D eigenvalue weighted by molar-refractivity contribution is 6.31. The average molecular weight is 290 g/mol. The second-order valence-electron chi connectivity index (χ2n) is 4.82. The van der Waals surface area contributed by atoms with Crippen molar-refractivity contribution in [2.24, 2.45) is 5.92 Å². The molecule has 0 bridgehead atoms. The lowest BCUT2D eigenvalue weighted by molar-refractivity contribution is 0.266. The number of likely N-dealkylation sites (tertiary alicyclic amines) is 1. The molecule has 1 aromatic heterocycles. The van der Waals surface area contributed by atoms with Gasteiger partial charge in [0.2, 0.25) is 16.5 Å². The summed E-state index contributed by atoms with van der Waals surface area (Å²) >= 11 is 11.4. The van der Waals surface area contributed by atoms with Crippen molar-refractivity contribution in [2.45, 2.75) is 26.3 Å². The van der Waals surface area contributed by atoms with Crippen molar-refractivity contribution in [2.75, 3.05) is 25.0 Å². The molecule has 1 unspecified atom stereocenters. The molecule has 1 aromatic rings. The van der Waals surface area contributed by atoms with E-state index in [1.807, 2.05) is 0 Å². The summed E-state index contributed by atoms with van der Waals surface area (Å²) in [6.07, 6.45) is 1.19. The van der Waals surface area contributed by atoms with Crippen molar-refractivity contribution in [3.63, 3.8) is 0 Å². The molecule has 7 heteroatoms. The van der Waals surface area contributed by atoms with Crippen molar-refractivity contribution in [1.82, 2.24) is 19.9 Å². The lowest BCUT2D eigenvalue weighted by atomic mass is 10.1. The van der Waals surface area contributed by atoms with E-state index in [1.165, 1.54) is 6.42 Å². The van der Waals surface area contributed by atoms with Gasteiger partial charge < -0.3 is 10.2 Å². The molecule has 0 aromatic carbocycles. The number of anilines is 1. The molecule has 2 heterocycles. The number of aromatic nitrogens is 3. The van der Waals surface area contributed by atoms with Crippen LogP contribution in [0, 0.1) is 5.92 Å². The molecule has 0 amide bonds. The molecule has 0 spiro atoms. The topological polar surface area (TPSA) is 53.9 Å². The van der Waals surface area contributed by atoms with E-state index in [-0.39, 0.29) is 10.6 Å². The van der Waals surface area contributed by atoms with E-state index in [9.17, 15) is 0 Å². The van der Waals surface area contributed by atoms with Crippen molar-refractivity contribution in [3.05, 3.63) is 10.6 Å². The normalized spacial score (nSPS) is 20.6. The van der Waals surface area contributed by atoms with Crippen LogP contribution in [0.15, 0.2) is 0 Å². The zero-order valence-corrected chi connectivity index (χ0v) is 12.0. The van der Waals surface area contributed by atoms with Gasteiger partial charge >= 0.3 is 0 Å². The van der Waals surface area contributed by atoms with Crippen LogP contribution in [0.1, 0.15) is 20.3 Å². The Kier molecular flexibility index (Phi) is 4.59. The largest absolute Gasteiger partial charge is 0.354 e. The maximum Gasteiger partial charge on any atom is 0.228 e. The fourth-order valence-corrected chi connectivity index (χ4v) is 2.50. The van der Waals surface area contributed by atoms with Crippen LogP contribution in [0.2, 0.25) is 10.6 Å². The predicted octanol–water partition coefficient (Wildman–Crippen LogP) is 2.32. The highest BCUT2D eigenvalue weighted by atomic mass is 35.5. The molecule has 2 rings (SSSR count). The molecule has 1 N–H and O–H groups in total. The smallest absolute Gasteiger partial charge is 0.228 e. The molecular formula is C11H17Cl2N5. The van der Waals surface area contributed by atoms with E-state index in [4.69, 9.17) is 23.2 Å². The molecule has 1 aliphatic heterocycles. The van der Waals surface area contributed by atoms with Crippen LogP contribution < -0.4 is 5.32 Å². The summed E-state index contributed by atoms with van der Waals surface area (Å²) in [4.78, 5) is 14.1. The van der Waals surface area contributed by atoms with Gasteiger partial charge in [-0.15, -0.1) is 0 Å². The minimum absolute atomic E-state index is 0.118. The number of nitrogens with one attached hydrogen (secondary N) is 1. The van der Waals surface area contributed by atoms with E-state index >= 15 is 0 Å². The number of hydrogen-bond donors (Lipinski definition) is 1. The summed E-state index contributed by atoms with van der Waals surface area (Å²) in [7, 11) is 0. The molecule has 1 atom stereocenters. The number of hydrogen-bond acceptors (Lipinski definition) is 5. The van der Waals surface area contributed by atoms with E-state index in [0.29, 0.717) is 17.9 Å². The first-order valence-electron chi connectivity index (χ1n) is 6.09. The third-order valence-corrected chi connectivity index (χ3v) is 3.52. The van der Waals surface area contributed by atoms with Crippen molar-refractivity contribution < 1.29 is 0 Å². The fourth-order valence-electron chi connectivity index (χ4n) is 2.14. The van der Waals surface area contributed by atoms with Gasteiger partial charge in [-0.1, -0.05) is 0 Å². The Labute approximate surface area is 117 Å². The van der Waals surface area contributed by atoms with E-state index in [2.05, 4.69) is 39.0 Å². The highest BCUT2D eigenvalue weighted by Gasteiger charge is 2.24. The summed E-state index contributed by atoms with van der Waals surface area (Å²) in [5.41, 5.74) is 0. The first kappa shape index (κ1) is 13.8. The molecule has 5 nitrogen and oxygen atoms in total. The molecule has 1 fully saturated rings. The highest BCUT2D eigenvalue weighted by Crippen LogP contribution is 2.19. The first-order valence-corrected chi connectivity index (χ1v) is 6.85. The van der Waals surface area contributed by atoms with Crippen LogP contribution in [-0.4, -0.2) is 45.5 Å². The minimum atomic E-state index is 0.118. The summed E-state index contributed by atoms with van der Waals surface area (Å²) in [6, 6.07) is 0.607. The summed E-state index contributed by atoms with van der Waals surface area (Å²) in [5, 5.41) is 3.41. The van der Waals surface area contributed by atoms with Crippen LogP contribution in [-0.2, 0) is 0 Å². The van der Waals surface area contributed by atoms with Crippen LogP contribution in [0.4, 0.5) is 5.95 Å². The second kappa shape index (κ2) is 5.99. The van der Waals surface area contributed by atoms with Gasteiger partial charge in [-0.05, 0) is 55.9 Å². The van der Waals surface area contributed by atoms with Gasteiger partial charge in [-0.2, -0.15) is 15.0 Å². The minimum Gasteiger partial charge on any atom is -0.354 e. The van der Waals surface area contributed by atoms with Gasteiger partial charge in [0.05, 0.1) is 0 Å². The third-order valence-electron chi connectivity index (χ3n) is 3.18. The summed E-state index contributed by atoms with van der Waals surface area (Å²) in [6.45, 7) is 7.54. The Hall–Kier alpha value is -0.650. The summed E-state index contributed by atoms with van der Waals surface area (Å²) in [5.74, 6) is 1.06. The monoisotopic (exact) mass is 289 g/mol. The average Bonchev–Trinajstić information content (AvgIpc) is 2.73. The maximum absolute atomic E-state index is 5.72. The van der Waals surface area contributed by atoms with Gasteiger partial charge in [-0.3, -0.25) is 0 Å². The lowest BCUT2D eigenvalue weighted by Crippen LogP contribution is -2.29. The standard InChI is InChI=1S/C11H17Cl2N5/c1-7(2)18-4-3-8(6-18)5-14-11-16-9(12)15-10(13)17-11/h7-8H,3-6H2,1-2H3,(H,14,15,16,17). The Morgan fingerprint density at radius 1 is 1.28 bits per heavy atom. The number of halogens is 2. The molecular weight excluding hydrogens is 273 g/mol. The molecule has 100 valence electrons. The van der Waals surface area contributed by atoms with E-state index in [1.54, 1.807) is 0 Å². The van der Waals surface area contributed by atoms with Gasteiger partial charge in [0.25, 0.3) is 0 Å². The molecule has 0 saturated carbocycles. The van der Waals surface area contributed by atoms with Crippen LogP contribution in [0.5, 0.6) is 0 Å². The molecule has 18 heavy (non-hydrogen) atoms. The maximum atomic E-state index is 5.72. The third kappa shape index (κ3) is 3.67. The number of rotatable bonds is 4. The van der Waals surface area contributed by atoms with E-state index < -0.39 is 0 Å². The molecule has 1 aliphatic rings. The SMILES string of the molecule is CC(C)N1CCC(CNc2nc(Cl)nc(Cl)n2)C1.